The summed E-state index contributed by atoms with van der Waals surface area (Å²) in [6, 6.07) is 5.85. The number of fused-ring (bicyclic) bond motifs is 1. The van der Waals surface area contributed by atoms with E-state index in [4.69, 9.17) is 4.74 Å². The maximum atomic E-state index is 13.8. The minimum atomic E-state index is -1.06. The van der Waals surface area contributed by atoms with E-state index < -0.39 is 11.4 Å². The Morgan fingerprint density at radius 3 is 2.79 bits per heavy atom. The summed E-state index contributed by atoms with van der Waals surface area (Å²) < 4.78 is 19.0. The van der Waals surface area contributed by atoms with Crippen LogP contribution < -0.4 is 4.74 Å². The van der Waals surface area contributed by atoms with Gasteiger partial charge < -0.3 is 9.84 Å². The van der Waals surface area contributed by atoms with E-state index in [2.05, 4.69) is 4.98 Å². The van der Waals surface area contributed by atoms with Gasteiger partial charge in [0.2, 0.25) is 0 Å². The van der Waals surface area contributed by atoms with Gasteiger partial charge in [0.05, 0.1) is 11.1 Å². The first kappa shape index (κ1) is 13.4. The number of aliphatic hydroxyl groups is 1. The largest absolute Gasteiger partial charge is 0.487 e. The average Bonchev–Trinajstić information content (AvgIpc) is 2.34. The van der Waals surface area contributed by atoms with Gasteiger partial charge in [-0.25, -0.2) is 9.37 Å². The van der Waals surface area contributed by atoms with Crippen LogP contribution in [0.15, 0.2) is 24.3 Å². The molecule has 5 heteroatoms. The minimum Gasteiger partial charge on any atom is -0.487 e. The fourth-order valence-electron chi connectivity index (χ4n) is 1.57. The second kappa shape index (κ2) is 4.93. The summed E-state index contributed by atoms with van der Waals surface area (Å²) in [5, 5.41) is 10.1. The molecular weight excluding hydrogens is 249 g/mol. The third-order valence-corrected chi connectivity index (χ3v) is 2.47. The monoisotopic (exact) mass is 263 g/mol. The van der Waals surface area contributed by atoms with E-state index >= 15 is 0 Å². The third kappa shape index (κ3) is 3.26. The predicted molar refractivity (Wildman–Crippen MR) is 68.9 cm³/mol. The zero-order valence-electron chi connectivity index (χ0n) is 10.7. The second-order valence-electron chi connectivity index (χ2n) is 4.93. The van der Waals surface area contributed by atoms with Crippen LogP contribution in [0, 0.1) is 5.82 Å². The topological polar surface area (TPSA) is 59.4 Å². The summed E-state index contributed by atoms with van der Waals surface area (Å²) in [6.45, 7) is 3.09. The first-order valence-electron chi connectivity index (χ1n) is 5.80. The van der Waals surface area contributed by atoms with Crippen molar-refractivity contribution < 1.29 is 19.0 Å². The molecule has 0 amide bonds. The van der Waals surface area contributed by atoms with Gasteiger partial charge in [0, 0.05) is 11.5 Å². The quantitative estimate of drug-likeness (QED) is 0.860. The number of nitrogens with zero attached hydrogens (tertiary/aromatic N) is 1. The molecular formula is C14H14FNO3. The van der Waals surface area contributed by atoms with Crippen LogP contribution in [0.2, 0.25) is 0 Å². The Hall–Kier alpha value is -2.01. The van der Waals surface area contributed by atoms with E-state index in [0.717, 1.165) is 0 Å². The van der Waals surface area contributed by atoms with Gasteiger partial charge >= 0.3 is 0 Å². The van der Waals surface area contributed by atoms with Crippen LogP contribution in [0.25, 0.3) is 10.9 Å². The lowest BCUT2D eigenvalue weighted by Crippen LogP contribution is -2.28. The van der Waals surface area contributed by atoms with Gasteiger partial charge in [0.25, 0.3) is 0 Å². The second-order valence-corrected chi connectivity index (χ2v) is 4.93. The smallest absolute Gasteiger partial charge is 0.168 e. The molecule has 2 rings (SSSR count). The number of rotatable bonds is 4. The van der Waals surface area contributed by atoms with Crippen molar-refractivity contribution in [1.82, 2.24) is 4.98 Å². The van der Waals surface area contributed by atoms with Crippen LogP contribution in [-0.2, 0) is 0 Å². The highest BCUT2D eigenvalue weighted by Crippen LogP contribution is 2.24. The normalized spacial score (nSPS) is 11.6. The molecule has 1 N–H and O–H groups in total. The molecule has 0 bridgehead atoms. The fourth-order valence-corrected chi connectivity index (χ4v) is 1.57. The number of aldehydes is 1. The Morgan fingerprint density at radius 1 is 1.42 bits per heavy atom. The maximum absolute atomic E-state index is 13.8. The Bertz CT molecular complexity index is 620. The molecule has 0 aliphatic rings. The third-order valence-electron chi connectivity index (χ3n) is 2.47. The van der Waals surface area contributed by atoms with Crippen LogP contribution >= 0.6 is 0 Å². The van der Waals surface area contributed by atoms with E-state index in [9.17, 15) is 14.3 Å². The van der Waals surface area contributed by atoms with E-state index in [1.165, 1.54) is 18.2 Å². The molecule has 0 atom stereocenters. The van der Waals surface area contributed by atoms with Crippen molar-refractivity contribution in [1.29, 1.82) is 0 Å². The van der Waals surface area contributed by atoms with E-state index in [0.29, 0.717) is 17.2 Å². The minimum absolute atomic E-state index is 0.00479. The van der Waals surface area contributed by atoms with Gasteiger partial charge in [0.1, 0.15) is 12.3 Å². The number of carbonyl (C=O) groups is 1. The standard InChI is InChI=1S/C14H14FNO3/c1-14(2,18)8-19-13-6-12-9(5-11(13)15)3-4-10(7-17)16-12/h3-7,18H,8H2,1-2H3. The summed E-state index contributed by atoms with van der Waals surface area (Å²) >= 11 is 0. The molecule has 1 aromatic heterocycles. The van der Waals surface area contributed by atoms with Crippen molar-refractivity contribution in [2.45, 2.75) is 19.4 Å². The van der Waals surface area contributed by atoms with Crippen LogP contribution in [0.4, 0.5) is 4.39 Å². The molecule has 0 unspecified atom stereocenters. The van der Waals surface area contributed by atoms with E-state index in [1.54, 1.807) is 19.9 Å². The van der Waals surface area contributed by atoms with Gasteiger partial charge in [-0.1, -0.05) is 6.07 Å². The van der Waals surface area contributed by atoms with Gasteiger partial charge in [-0.2, -0.15) is 0 Å². The molecule has 2 aromatic rings. The Labute approximate surface area is 109 Å². The number of halogens is 1. The number of aromatic nitrogens is 1. The zero-order valence-corrected chi connectivity index (χ0v) is 10.7. The summed E-state index contributed by atoms with van der Waals surface area (Å²) in [5.41, 5.74) is -0.316. The van der Waals surface area contributed by atoms with Crippen molar-refractivity contribution in [3.63, 3.8) is 0 Å². The van der Waals surface area contributed by atoms with Gasteiger partial charge in [0.15, 0.2) is 17.9 Å². The molecule has 0 radical (unpaired) electrons. The van der Waals surface area contributed by atoms with Crippen molar-refractivity contribution in [2.24, 2.45) is 0 Å². The average molecular weight is 263 g/mol. The predicted octanol–water partition coefficient (Wildman–Crippen LogP) is 2.34. The molecule has 0 aliphatic heterocycles. The van der Waals surface area contributed by atoms with Crippen molar-refractivity contribution in [3.05, 3.63) is 35.8 Å². The zero-order chi connectivity index (χ0) is 14.0. The molecule has 0 aliphatic carbocycles. The first-order valence-corrected chi connectivity index (χ1v) is 5.80. The van der Waals surface area contributed by atoms with Crippen LogP contribution in [0.5, 0.6) is 5.75 Å². The molecule has 1 heterocycles. The number of ether oxygens (including phenoxy) is 1. The summed E-state index contributed by atoms with van der Waals surface area (Å²) in [5.74, 6) is -0.525. The molecule has 1 aromatic carbocycles. The maximum Gasteiger partial charge on any atom is 0.168 e. The molecule has 0 saturated heterocycles. The summed E-state index contributed by atoms with van der Waals surface area (Å²) in [7, 11) is 0. The SMILES string of the molecule is CC(C)(O)COc1cc2nc(C=O)ccc2cc1F. The Kier molecular flexibility index (Phi) is 3.48. The number of benzene rings is 1. The molecule has 100 valence electrons. The van der Waals surface area contributed by atoms with Crippen molar-refractivity contribution in [3.8, 4) is 5.75 Å². The number of carbonyl (C=O) groups excluding carboxylic acids is 1. The lowest BCUT2D eigenvalue weighted by molar-refractivity contribution is 0.0272. The number of hydrogen-bond acceptors (Lipinski definition) is 4. The highest BCUT2D eigenvalue weighted by atomic mass is 19.1. The number of pyridine rings is 1. The molecule has 19 heavy (non-hydrogen) atoms. The van der Waals surface area contributed by atoms with E-state index in [-0.39, 0.29) is 18.1 Å². The molecule has 4 nitrogen and oxygen atoms in total. The highest BCUT2D eigenvalue weighted by molar-refractivity contribution is 5.84. The van der Waals surface area contributed by atoms with Crippen LogP contribution in [0.3, 0.4) is 0 Å². The summed E-state index contributed by atoms with van der Waals surface area (Å²) in [4.78, 5) is 14.7. The van der Waals surface area contributed by atoms with Crippen molar-refractivity contribution in [2.75, 3.05) is 6.61 Å². The molecule has 0 saturated carbocycles. The number of hydrogen-bond donors (Lipinski definition) is 1. The first-order chi connectivity index (χ1) is 8.89. The van der Waals surface area contributed by atoms with Crippen LogP contribution in [0.1, 0.15) is 24.3 Å². The highest BCUT2D eigenvalue weighted by Gasteiger charge is 2.15. The Balaban J connectivity index is 2.38. The summed E-state index contributed by atoms with van der Waals surface area (Å²) in [6.07, 6.45) is 0.625. The lowest BCUT2D eigenvalue weighted by Gasteiger charge is -2.18. The van der Waals surface area contributed by atoms with Crippen molar-refractivity contribution >= 4 is 17.2 Å². The molecule has 0 fully saturated rings. The van der Waals surface area contributed by atoms with Gasteiger partial charge in [-0.3, -0.25) is 4.79 Å². The lowest BCUT2D eigenvalue weighted by atomic mass is 10.1. The van der Waals surface area contributed by atoms with Crippen LogP contribution in [-0.4, -0.2) is 28.6 Å². The fraction of sp³-hybridized carbons (Fsp3) is 0.286. The Morgan fingerprint density at radius 2 is 2.16 bits per heavy atom. The van der Waals surface area contributed by atoms with Gasteiger partial charge in [-0.15, -0.1) is 0 Å². The van der Waals surface area contributed by atoms with Gasteiger partial charge in [-0.05, 0) is 26.0 Å². The van der Waals surface area contributed by atoms with E-state index in [1.807, 2.05) is 0 Å². The molecule has 0 spiro atoms.